The van der Waals surface area contributed by atoms with Crippen LogP contribution in [0.4, 0.5) is 5.69 Å². The molecule has 1 heterocycles. The lowest BCUT2D eigenvalue weighted by molar-refractivity contribution is 0.519. The second kappa shape index (κ2) is 6.77. The molecule has 2 N–H and O–H groups in total. The van der Waals surface area contributed by atoms with Gasteiger partial charge in [0.1, 0.15) is 0 Å². The number of fused-ring (bicyclic) bond motifs is 1. The molecule has 2 nitrogen and oxygen atoms in total. The molecule has 0 fully saturated rings. The van der Waals surface area contributed by atoms with E-state index in [4.69, 9.17) is 0 Å². The zero-order chi connectivity index (χ0) is 14.5. The molecule has 0 aliphatic carbocycles. The van der Waals surface area contributed by atoms with Gasteiger partial charge in [0, 0.05) is 24.8 Å². The Hall–Kier alpha value is -1.80. The molecule has 1 unspecified atom stereocenters. The molecule has 110 valence electrons. The highest BCUT2D eigenvalue weighted by molar-refractivity contribution is 5.59. The van der Waals surface area contributed by atoms with Crippen LogP contribution in [0.25, 0.3) is 0 Å². The fourth-order valence-electron chi connectivity index (χ4n) is 3.14. The molecule has 2 aromatic rings. The number of anilines is 1. The van der Waals surface area contributed by atoms with Crippen molar-refractivity contribution in [2.75, 3.05) is 11.9 Å². The lowest BCUT2D eigenvalue weighted by Gasteiger charge is -2.23. The highest BCUT2D eigenvalue weighted by Crippen LogP contribution is 2.27. The minimum Gasteiger partial charge on any atom is -0.385 e. The van der Waals surface area contributed by atoms with Crippen LogP contribution in [-0.4, -0.2) is 6.54 Å². The predicted octanol–water partition coefficient (Wildman–Crippen LogP) is 4.29. The summed E-state index contributed by atoms with van der Waals surface area (Å²) in [5.41, 5.74) is 5.59. The Morgan fingerprint density at radius 1 is 1.10 bits per heavy atom. The molecular weight excluding hydrogens is 256 g/mol. The molecule has 1 atom stereocenters. The third kappa shape index (κ3) is 3.27. The first-order valence-electron chi connectivity index (χ1n) is 8.01. The third-order valence-electron chi connectivity index (χ3n) is 4.31. The third-order valence-corrected chi connectivity index (χ3v) is 4.31. The normalized spacial score (nSPS) is 15.1. The van der Waals surface area contributed by atoms with Crippen molar-refractivity contribution in [3.63, 3.8) is 0 Å². The Labute approximate surface area is 127 Å². The molecule has 3 rings (SSSR count). The van der Waals surface area contributed by atoms with Crippen LogP contribution < -0.4 is 10.6 Å². The van der Waals surface area contributed by atoms with Crippen molar-refractivity contribution in [3.05, 3.63) is 65.2 Å². The van der Waals surface area contributed by atoms with Gasteiger partial charge in [0.15, 0.2) is 0 Å². The Bertz CT molecular complexity index is 577. The molecule has 0 saturated heterocycles. The summed E-state index contributed by atoms with van der Waals surface area (Å²) >= 11 is 0. The van der Waals surface area contributed by atoms with Gasteiger partial charge < -0.3 is 10.6 Å². The fraction of sp³-hybridized carbons (Fsp3) is 0.368. The molecule has 1 aliphatic rings. The first kappa shape index (κ1) is 14.2. The van der Waals surface area contributed by atoms with Gasteiger partial charge >= 0.3 is 0 Å². The van der Waals surface area contributed by atoms with E-state index in [-0.39, 0.29) is 0 Å². The minimum absolute atomic E-state index is 0.422. The van der Waals surface area contributed by atoms with E-state index >= 15 is 0 Å². The fourth-order valence-corrected chi connectivity index (χ4v) is 3.14. The van der Waals surface area contributed by atoms with E-state index in [0.717, 1.165) is 19.5 Å². The van der Waals surface area contributed by atoms with Crippen molar-refractivity contribution >= 4 is 5.69 Å². The first-order chi connectivity index (χ1) is 10.4. The topological polar surface area (TPSA) is 24.1 Å². The van der Waals surface area contributed by atoms with E-state index in [9.17, 15) is 0 Å². The van der Waals surface area contributed by atoms with Gasteiger partial charge in [-0.15, -0.1) is 0 Å². The number of para-hydroxylation sites is 1. The van der Waals surface area contributed by atoms with Gasteiger partial charge in [-0.1, -0.05) is 55.5 Å². The van der Waals surface area contributed by atoms with Gasteiger partial charge in [-0.25, -0.2) is 0 Å². The average Bonchev–Trinajstić information content (AvgIpc) is 2.56. The van der Waals surface area contributed by atoms with Crippen LogP contribution >= 0.6 is 0 Å². The second-order valence-electron chi connectivity index (χ2n) is 5.73. The molecular formula is C19H24N2. The molecule has 0 aromatic heterocycles. The van der Waals surface area contributed by atoms with Crippen LogP contribution in [-0.2, 0) is 13.0 Å². The van der Waals surface area contributed by atoms with Crippen LogP contribution in [0.2, 0.25) is 0 Å². The van der Waals surface area contributed by atoms with E-state index in [2.05, 4.69) is 66.1 Å². The summed E-state index contributed by atoms with van der Waals surface area (Å²) in [5.74, 6) is 0. The van der Waals surface area contributed by atoms with E-state index in [1.165, 1.54) is 35.2 Å². The zero-order valence-corrected chi connectivity index (χ0v) is 12.7. The van der Waals surface area contributed by atoms with Gasteiger partial charge in [-0.05, 0) is 36.0 Å². The second-order valence-corrected chi connectivity index (χ2v) is 5.73. The standard InChI is InChI=1S/C19H24N2/c1-2-18(15-8-4-3-5-9-15)21-14-17-11-6-10-16-12-7-13-20-19(16)17/h3-6,8-11,18,20-21H,2,7,12-14H2,1H3. The van der Waals surface area contributed by atoms with Crippen LogP contribution in [0.1, 0.15) is 42.5 Å². The van der Waals surface area contributed by atoms with Crippen molar-refractivity contribution < 1.29 is 0 Å². The average molecular weight is 280 g/mol. The number of nitrogens with one attached hydrogen (secondary N) is 2. The van der Waals surface area contributed by atoms with Gasteiger partial charge in [0.05, 0.1) is 0 Å². The molecule has 2 aromatic carbocycles. The molecule has 0 saturated carbocycles. The molecule has 21 heavy (non-hydrogen) atoms. The predicted molar refractivity (Wildman–Crippen MR) is 89.6 cm³/mol. The quantitative estimate of drug-likeness (QED) is 0.854. The van der Waals surface area contributed by atoms with E-state index < -0.39 is 0 Å². The summed E-state index contributed by atoms with van der Waals surface area (Å²) < 4.78 is 0. The summed E-state index contributed by atoms with van der Waals surface area (Å²) in [6.07, 6.45) is 3.55. The molecule has 1 aliphatic heterocycles. The molecule has 0 radical (unpaired) electrons. The lowest BCUT2D eigenvalue weighted by atomic mass is 9.98. The Kier molecular flexibility index (Phi) is 4.56. The molecule has 0 bridgehead atoms. The SMILES string of the molecule is CCC(NCc1cccc2c1NCCC2)c1ccccc1. The zero-order valence-electron chi connectivity index (χ0n) is 12.7. The highest BCUT2D eigenvalue weighted by atomic mass is 14.9. The largest absolute Gasteiger partial charge is 0.385 e. The van der Waals surface area contributed by atoms with Gasteiger partial charge in [0.2, 0.25) is 0 Å². The highest BCUT2D eigenvalue weighted by Gasteiger charge is 2.14. The maximum absolute atomic E-state index is 3.71. The summed E-state index contributed by atoms with van der Waals surface area (Å²) in [6, 6.07) is 17.8. The number of rotatable bonds is 5. The van der Waals surface area contributed by atoms with Crippen LogP contribution in [0.3, 0.4) is 0 Å². The van der Waals surface area contributed by atoms with Crippen molar-refractivity contribution in [2.45, 2.75) is 38.8 Å². The molecule has 2 heteroatoms. The van der Waals surface area contributed by atoms with Crippen LogP contribution in [0.15, 0.2) is 48.5 Å². The van der Waals surface area contributed by atoms with Crippen molar-refractivity contribution in [1.29, 1.82) is 0 Å². The van der Waals surface area contributed by atoms with Crippen molar-refractivity contribution in [2.24, 2.45) is 0 Å². The maximum Gasteiger partial charge on any atom is 0.0418 e. The Morgan fingerprint density at radius 3 is 2.76 bits per heavy atom. The number of hydrogen-bond donors (Lipinski definition) is 2. The van der Waals surface area contributed by atoms with Gasteiger partial charge in [-0.3, -0.25) is 0 Å². The molecule has 0 amide bonds. The van der Waals surface area contributed by atoms with Crippen LogP contribution in [0, 0.1) is 0 Å². The summed E-state index contributed by atoms with van der Waals surface area (Å²) in [7, 11) is 0. The van der Waals surface area contributed by atoms with Gasteiger partial charge in [-0.2, -0.15) is 0 Å². The summed E-state index contributed by atoms with van der Waals surface area (Å²) in [6.45, 7) is 4.26. The monoisotopic (exact) mass is 280 g/mol. The summed E-state index contributed by atoms with van der Waals surface area (Å²) in [5, 5.41) is 7.28. The van der Waals surface area contributed by atoms with Crippen molar-refractivity contribution in [3.8, 4) is 0 Å². The van der Waals surface area contributed by atoms with Crippen molar-refractivity contribution in [1.82, 2.24) is 5.32 Å². The summed E-state index contributed by atoms with van der Waals surface area (Å²) in [4.78, 5) is 0. The number of benzene rings is 2. The lowest BCUT2D eigenvalue weighted by Crippen LogP contribution is -2.22. The maximum atomic E-state index is 3.71. The first-order valence-corrected chi connectivity index (χ1v) is 8.01. The number of hydrogen-bond acceptors (Lipinski definition) is 2. The van der Waals surface area contributed by atoms with E-state index in [0.29, 0.717) is 6.04 Å². The smallest absolute Gasteiger partial charge is 0.0418 e. The Morgan fingerprint density at radius 2 is 1.95 bits per heavy atom. The van der Waals surface area contributed by atoms with E-state index in [1.54, 1.807) is 0 Å². The number of aryl methyl sites for hydroxylation is 1. The van der Waals surface area contributed by atoms with E-state index in [1.807, 2.05) is 0 Å². The minimum atomic E-state index is 0.422. The Balaban J connectivity index is 1.72. The molecule has 0 spiro atoms. The van der Waals surface area contributed by atoms with Gasteiger partial charge in [0.25, 0.3) is 0 Å². The van der Waals surface area contributed by atoms with Crippen LogP contribution in [0.5, 0.6) is 0 Å².